The monoisotopic (exact) mass is 287 g/mol. The molecule has 19 heavy (non-hydrogen) atoms. The van der Waals surface area contributed by atoms with Gasteiger partial charge in [0.2, 0.25) is 0 Å². The minimum atomic E-state index is -0.443. The SMILES string of the molecule is CCCNCc1cc(F)c(SCCC(C)C)c(F)c1. The van der Waals surface area contributed by atoms with Gasteiger partial charge in [-0.1, -0.05) is 20.8 Å². The molecular formula is C15H23F2NS. The fourth-order valence-corrected chi connectivity index (χ4v) is 2.85. The second kappa shape index (κ2) is 8.54. The molecule has 1 aromatic rings. The highest BCUT2D eigenvalue weighted by molar-refractivity contribution is 7.99. The molecule has 0 saturated carbocycles. The standard InChI is InChI=1S/C15H23F2NS/c1-4-6-18-10-12-8-13(16)15(14(17)9-12)19-7-5-11(2)3/h8-9,11,18H,4-7,10H2,1-3H3. The van der Waals surface area contributed by atoms with Crippen LogP contribution >= 0.6 is 11.8 Å². The molecule has 1 N–H and O–H groups in total. The van der Waals surface area contributed by atoms with Crippen LogP contribution in [-0.2, 0) is 6.54 Å². The summed E-state index contributed by atoms with van der Waals surface area (Å²) in [4.78, 5) is 0.153. The van der Waals surface area contributed by atoms with Crippen molar-refractivity contribution in [3.63, 3.8) is 0 Å². The molecular weight excluding hydrogens is 264 g/mol. The van der Waals surface area contributed by atoms with Crippen molar-refractivity contribution < 1.29 is 8.78 Å². The van der Waals surface area contributed by atoms with E-state index in [0.717, 1.165) is 25.1 Å². The summed E-state index contributed by atoms with van der Waals surface area (Å²) in [6.07, 6.45) is 1.97. The Bertz CT molecular complexity index is 371. The Morgan fingerprint density at radius 1 is 1.21 bits per heavy atom. The maximum atomic E-state index is 13.9. The Kier molecular flexibility index (Phi) is 7.39. The van der Waals surface area contributed by atoms with Crippen molar-refractivity contribution in [1.82, 2.24) is 5.32 Å². The second-order valence-electron chi connectivity index (χ2n) is 5.10. The van der Waals surface area contributed by atoms with Crippen molar-refractivity contribution in [2.45, 2.75) is 45.1 Å². The first kappa shape index (κ1) is 16.4. The van der Waals surface area contributed by atoms with Gasteiger partial charge in [-0.2, -0.15) is 0 Å². The molecule has 0 heterocycles. The molecule has 0 amide bonds. The van der Waals surface area contributed by atoms with Crippen LogP contribution in [0, 0.1) is 17.6 Å². The molecule has 1 aromatic carbocycles. The molecule has 0 bridgehead atoms. The van der Waals surface area contributed by atoms with E-state index in [-0.39, 0.29) is 4.90 Å². The van der Waals surface area contributed by atoms with Crippen molar-refractivity contribution in [2.24, 2.45) is 5.92 Å². The number of thioether (sulfide) groups is 1. The highest BCUT2D eigenvalue weighted by atomic mass is 32.2. The minimum absolute atomic E-state index is 0.153. The van der Waals surface area contributed by atoms with Crippen molar-refractivity contribution in [2.75, 3.05) is 12.3 Å². The average Bonchev–Trinajstić information content (AvgIpc) is 2.32. The van der Waals surface area contributed by atoms with E-state index >= 15 is 0 Å². The summed E-state index contributed by atoms with van der Waals surface area (Å²) in [6.45, 7) is 7.64. The minimum Gasteiger partial charge on any atom is -0.313 e. The third kappa shape index (κ3) is 5.91. The highest BCUT2D eigenvalue weighted by Gasteiger charge is 2.12. The lowest BCUT2D eigenvalue weighted by atomic mass is 10.2. The van der Waals surface area contributed by atoms with E-state index in [4.69, 9.17) is 0 Å². The predicted octanol–water partition coefficient (Wildman–Crippen LogP) is 4.60. The van der Waals surface area contributed by atoms with E-state index in [0.29, 0.717) is 18.0 Å². The van der Waals surface area contributed by atoms with Gasteiger partial charge in [0.25, 0.3) is 0 Å². The molecule has 0 aromatic heterocycles. The lowest BCUT2D eigenvalue weighted by Crippen LogP contribution is -2.14. The van der Waals surface area contributed by atoms with Crippen LogP contribution in [0.2, 0.25) is 0 Å². The molecule has 0 spiro atoms. The number of hydrogen-bond donors (Lipinski definition) is 1. The average molecular weight is 287 g/mol. The number of hydrogen-bond acceptors (Lipinski definition) is 2. The number of nitrogens with one attached hydrogen (secondary N) is 1. The molecule has 0 atom stereocenters. The summed E-state index contributed by atoms with van der Waals surface area (Å²) >= 11 is 1.27. The van der Waals surface area contributed by atoms with Gasteiger partial charge < -0.3 is 5.32 Å². The predicted molar refractivity (Wildman–Crippen MR) is 78.5 cm³/mol. The second-order valence-corrected chi connectivity index (χ2v) is 6.20. The molecule has 1 nitrogen and oxygen atoms in total. The highest BCUT2D eigenvalue weighted by Crippen LogP contribution is 2.27. The first-order valence-corrected chi connectivity index (χ1v) is 7.84. The molecule has 108 valence electrons. The molecule has 1 rings (SSSR count). The lowest BCUT2D eigenvalue weighted by molar-refractivity contribution is 0.533. The Morgan fingerprint density at radius 2 is 1.84 bits per heavy atom. The first-order valence-electron chi connectivity index (χ1n) is 6.86. The van der Waals surface area contributed by atoms with E-state index in [1.165, 1.54) is 23.9 Å². The van der Waals surface area contributed by atoms with Gasteiger partial charge in [-0.05, 0) is 48.8 Å². The lowest BCUT2D eigenvalue weighted by Gasteiger charge is -2.09. The van der Waals surface area contributed by atoms with Crippen LogP contribution in [0.25, 0.3) is 0 Å². The third-order valence-corrected chi connectivity index (χ3v) is 3.87. The maximum absolute atomic E-state index is 13.9. The van der Waals surface area contributed by atoms with E-state index in [1.54, 1.807) is 0 Å². The zero-order valence-electron chi connectivity index (χ0n) is 11.9. The fraction of sp³-hybridized carbons (Fsp3) is 0.600. The van der Waals surface area contributed by atoms with Crippen LogP contribution in [0.15, 0.2) is 17.0 Å². The molecule has 0 fully saturated rings. The van der Waals surface area contributed by atoms with E-state index in [9.17, 15) is 8.78 Å². The first-order chi connectivity index (χ1) is 9.04. The Morgan fingerprint density at radius 3 is 2.37 bits per heavy atom. The largest absolute Gasteiger partial charge is 0.313 e. The normalized spacial score (nSPS) is 11.3. The molecule has 0 aliphatic carbocycles. The van der Waals surface area contributed by atoms with E-state index in [1.807, 2.05) is 0 Å². The van der Waals surface area contributed by atoms with Crippen LogP contribution < -0.4 is 5.32 Å². The Balaban J connectivity index is 2.63. The van der Waals surface area contributed by atoms with Crippen LogP contribution in [-0.4, -0.2) is 12.3 Å². The van der Waals surface area contributed by atoms with Crippen LogP contribution in [0.3, 0.4) is 0 Å². The van der Waals surface area contributed by atoms with Crippen LogP contribution in [0.1, 0.15) is 39.2 Å². The van der Waals surface area contributed by atoms with Gasteiger partial charge in [0.05, 0.1) is 4.90 Å². The number of benzene rings is 1. The molecule has 0 radical (unpaired) electrons. The Hall–Kier alpha value is -0.610. The van der Waals surface area contributed by atoms with Gasteiger partial charge >= 0.3 is 0 Å². The fourth-order valence-electron chi connectivity index (χ4n) is 1.66. The molecule has 4 heteroatoms. The van der Waals surface area contributed by atoms with Gasteiger partial charge in [-0.3, -0.25) is 0 Å². The topological polar surface area (TPSA) is 12.0 Å². The summed E-state index contributed by atoms with van der Waals surface area (Å²) in [7, 11) is 0. The summed E-state index contributed by atoms with van der Waals surface area (Å²) in [6, 6.07) is 2.87. The third-order valence-electron chi connectivity index (χ3n) is 2.76. The van der Waals surface area contributed by atoms with Gasteiger partial charge in [0.15, 0.2) is 0 Å². The molecule has 0 saturated heterocycles. The Labute approximate surface area is 119 Å². The van der Waals surface area contributed by atoms with Crippen molar-refractivity contribution in [3.8, 4) is 0 Å². The molecule has 0 unspecified atom stereocenters. The summed E-state index contributed by atoms with van der Waals surface area (Å²) < 4.78 is 27.7. The smallest absolute Gasteiger partial charge is 0.140 e. The zero-order chi connectivity index (χ0) is 14.3. The van der Waals surface area contributed by atoms with Crippen molar-refractivity contribution in [1.29, 1.82) is 0 Å². The van der Waals surface area contributed by atoms with Gasteiger partial charge in [0.1, 0.15) is 11.6 Å². The number of halogens is 2. The zero-order valence-corrected chi connectivity index (χ0v) is 12.7. The quantitative estimate of drug-likeness (QED) is 0.554. The van der Waals surface area contributed by atoms with Crippen molar-refractivity contribution >= 4 is 11.8 Å². The van der Waals surface area contributed by atoms with Gasteiger partial charge in [-0.15, -0.1) is 11.8 Å². The van der Waals surface area contributed by atoms with Crippen molar-refractivity contribution in [3.05, 3.63) is 29.3 Å². The summed E-state index contributed by atoms with van der Waals surface area (Å²) in [5.41, 5.74) is 0.664. The van der Waals surface area contributed by atoms with Crippen LogP contribution in [0.4, 0.5) is 8.78 Å². The van der Waals surface area contributed by atoms with E-state index in [2.05, 4.69) is 26.1 Å². The van der Waals surface area contributed by atoms with E-state index < -0.39 is 11.6 Å². The van der Waals surface area contributed by atoms with Gasteiger partial charge in [-0.25, -0.2) is 8.78 Å². The number of rotatable bonds is 8. The maximum Gasteiger partial charge on any atom is 0.140 e. The van der Waals surface area contributed by atoms with Crippen LogP contribution in [0.5, 0.6) is 0 Å². The molecule has 0 aliphatic heterocycles. The summed E-state index contributed by atoms with van der Waals surface area (Å²) in [5.74, 6) is 0.416. The molecule has 0 aliphatic rings. The van der Waals surface area contributed by atoms with Gasteiger partial charge in [0, 0.05) is 6.54 Å². The summed E-state index contributed by atoms with van der Waals surface area (Å²) in [5, 5.41) is 3.14.